The number of fused-ring (bicyclic) bond motifs is 2. The Kier molecular flexibility index (Phi) is 6.42. The standard InChI is InChI=1S/C26H29NO6/c1-15(2)9-12-32-20-8-6-17(14-21(20)31-4)23-22-24(29)18-13-16(3)5-7-19(18)33-25(22)26(30)27(23)10-11-28/h5-8,13-15,23,28H,9-12H2,1-4H3. The summed E-state index contributed by atoms with van der Waals surface area (Å²) in [4.78, 5) is 28.2. The zero-order valence-corrected chi connectivity index (χ0v) is 19.4. The van der Waals surface area contributed by atoms with Crippen molar-refractivity contribution >= 4 is 16.9 Å². The predicted octanol–water partition coefficient (Wildman–Crippen LogP) is 4.07. The van der Waals surface area contributed by atoms with Gasteiger partial charge in [0, 0.05) is 6.54 Å². The highest BCUT2D eigenvalue weighted by atomic mass is 16.5. The molecule has 1 atom stereocenters. The van der Waals surface area contributed by atoms with E-state index in [2.05, 4.69) is 13.8 Å². The normalized spacial score (nSPS) is 15.4. The molecular formula is C26H29NO6. The summed E-state index contributed by atoms with van der Waals surface area (Å²) in [7, 11) is 1.55. The number of β-amino-alcohol motifs (C(OH)–C–C–N with tert-alkyl or cyclic N) is 1. The molecule has 1 aliphatic rings. The smallest absolute Gasteiger partial charge is 0.290 e. The summed E-state index contributed by atoms with van der Waals surface area (Å²) in [6.07, 6.45) is 0.910. The Bertz CT molecular complexity index is 1250. The summed E-state index contributed by atoms with van der Waals surface area (Å²) in [5.74, 6) is 1.23. The maximum Gasteiger partial charge on any atom is 0.290 e. The highest BCUT2D eigenvalue weighted by Crippen LogP contribution is 2.40. The number of benzene rings is 2. The lowest BCUT2D eigenvalue weighted by molar-refractivity contribution is 0.0691. The van der Waals surface area contributed by atoms with Gasteiger partial charge in [0.1, 0.15) is 5.58 Å². The molecule has 7 nitrogen and oxygen atoms in total. The second-order valence-corrected chi connectivity index (χ2v) is 8.74. The third kappa shape index (κ3) is 4.20. The van der Waals surface area contributed by atoms with E-state index in [4.69, 9.17) is 13.9 Å². The number of ether oxygens (including phenoxy) is 2. The van der Waals surface area contributed by atoms with Crippen LogP contribution in [0.4, 0.5) is 0 Å². The molecular weight excluding hydrogens is 422 g/mol. The van der Waals surface area contributed by atoms with Gasteiger partial charge in [-0.15, -0.1) is 0 Å². The minimum atomic E-state index is -0.695. The van der Waals surface area contributed by atoms with E-state index in [1.54, 1.807) is 31.4 Å². The van der Waals surface area contributed by atoms with E-state index in [9.17, 15) is 14.7 Å². The van der Waals surface area contributed by atoms with Crippen LogP contribution in [0.3, 0.4) is 0 Å². The fourth-order valence-corrected chi connectivity index (χ4v) is 4.20. The number of carbonyl (C=O) groups excluding carboxylic acids is 1. The largest absolute Gasteiger partial charge is 0.493 e. The van der Waals surface area contributed by atoms with E-state index in [1.165, 1.54) is 4.90 Å². The molecule has 1 unspecified atom stereocenters. The van der Waals surface area contributed by atoms with E-state index in [1.807, 2.05) is 19.1 Å². The van der Waals surface area contributed by atoms with Gasteiger partial charge >= 0.3 is 0 Å². The number of rotatable bonds is 8. The average Bonchev–Trinajstić information content (AvgIpc) is 3.06. The number of nitrogens with zero attached hydrogens (tertiary/aromatic N) is 1. The van der Waals surface area contributed by atoms with Gasteiger partial charge in [-0.2, -0.15) is 0 Å². The first-order chi connectivity index (χ1) is 15.8. The highest BCUT2D eigenvalue weighted by molar-refractivity contribution is 5.99. The summed E-state index contributed by atoms with van der Waals surface area (Å²) in [6, 6.07) is 10.0. The van der Waals surface area contributed by atoms with Crippen LogP contribution in [0.25, 0.3) is 11.0 Å². The van der Waals surface area contributed by atoms with Crippen molar-refractivity contribution in [1.29, 1.82) is 0 Å². The summed E-state index contributed by atoms with van der Waals surface area (Å²) < 4.78 is 17.3. The maximum absolute atomic E-state index is 13.5. The average molecular weight is 452 g/mol. The van der Waals surface area contributed by atoms with Crippen molar-refractivity contribution in [2.75, 3.05) is 26.9 Å². The van der Waals surface area contributed by atoms with Crippen molar-refractivity contribution in [2.24, 2.45) is 5.92 Å². The number of aryl methyl sites for hydroxylation is 1. The monoisotopic (exact) mass is 451 g/mol. The van der Waals surface area contributed by atoms with Crippen LogP contribution in [0.1, 0.15) is 53.6 Å². The van der Waals surface area contributed by atoms with Crippen LogP contribution >= 0.6 is 0 Å². The van der Waals surface area contributed by atoms with Crippen molar-refractivity contribution < 1.29 is 23.8 Å². The van der Waals surface area contributed by atoms with Crippen LogP contribution in [0.5, 0.6) is 11.5 Å². The Labute approximate surface area is 192 Å². The number of hydrogen-bond acceptors (Lipinski definition) is 6. The molecule has 0 saturated heterocycles. The van der Waals surface area contributed by atoms with Crippen molar-refractivity contribution in [3.63, 3.8) is 0 Å². The number of aliphatic hydroxyl groups is 1. The first kappa shape index (κ1) is 22.9. The third-order valence-electron chi connectivity index (χ3n) is 5.92. The minimum Gasteiger partial charge on any atom is -0.493 e. The first-order valence-corrected chi connectivity index (χ1v) is 11.2. The molecule has 0 saturated carbocycles. The number of amides is 1. The van der Waals surface area contributed by atoms with Gasteiger partial charge in [-0.05, 0) is 49.1 Å². The lowest BCUT2D eigenvalue weighted by Crippen LogP contribution is -2.32. The van der Waals surface area contributed by atoms with E-state index in [0.717, 1.165) is 12.0 Å². The lowest BCUT2D eigenvalue weighted by Gasteiger charge is -2.25. The molecule has 4 rings (SSSR count). The van der Waals surface area contributed by atoms with Gasteiger partial charge in [-0.25, -0.2) is 0 Å². The van der Waals surface area contributed by atoms with Crippen LogP contribution in [0.2, 0.25) is 0 Å². The highest BCUT2D eigenvalue weighted by Gasteiger charge is 2.42. The number of carbonyl (C=O) groups is 1. The summed E-state index contributed by atoms with van der Waals surface area (Å²) >= 11 is 0. The quantitative estimate of drug-likeness (QED) is 0.555. The lowest BCUT2D eigenvalue weighted by atomic mass is 9.97. The van der Waals surface area contributed by atoms with E-state index in [-0.39, 0.29) is 29.9 Å². The molecule has 2 heterocycles. The summed E-state index contributed by atoms with van der Waals surface area (Å²) in [6.45, 7) is 6.54. The topological polar surface area (TPSA) is 89.2 Å². The van der Waals surface area contributed by atoms with Gasteiger partial charge in [-0.3, -0.25) is 9.59 Å². The second kappa shape index (κ2) is 9.27. The number of aliphatic hydroxyl groups excluding tert-OH is 1. The molecule has 1 amide bonds. The molecule has 1 N–H and O–H groups in total. The van der Waals surface area contributed by atoms with Gasteiger partial charge in [0.15, 0.2) is 16.9 Å². The summed E-state index contributed by atoms with van der Waals surface area (Å²) in [5, 5.41) is 10.1. The molecule has 0 fully saturated rings. The molecule has 0 spiro atoms. The zero-order valence-electron chi connectivity index (χ0n) is 19.4. The zero-order chi connectivity index (χ0) is 23.7. The molecule has 33 heavy (non-hydrogen) atoms. The van der Waals surface area contributed by atoms with Crippen LogP contribution in [0.15, 0.2) is 45.6 Å². The van der Waals surface area contributed by atoms with Crippen molar-refractivity contribution in [3.05, 3.63) is 69.1 Å². The Morgan fingerprint density at radius 3 is 2.61 bits per heavy atom. The molecule has 2 aromatic carbocycles. The van der Waals surface area contributed by atoms with Gasteiger partial charge in [0.25, 0.3) is 5.91 Å². The SMILES string of the molecule is COc1cc(C2c3c(oc4ccc(C)cc4c3=O)C(=O)N2CCO)ccc1OCCC(C)C. The van der Waals surface area contributed by atoms with Crippen molar-refractivity contribution in [3.8, 4) is 11.5 Å². The van der Waals surface area contributed by atoms with E-state index >= 15 is 0 Å². The van der Waals surface area contributed by atoms with Gasteiger partial charge in [0.05, 0.1) is 37.3 Å². The number of methoxy groups -OCH3 is 1. The van der Waals surface area contributed by atoms with Gasteiger partial charge < -0.3 is 23.9 Å². The van der Waals surface area contributed by atoms with Gasteiger partial charge in [0.2, 0.25) is 5.76 Å². The molecule has 0 radical (unpaired) electrons. The predicted molar refractivity (Wildman–Crippen MR) is 125 cm³/mol. The Morgan fingerprint density at radius 1 is 1.12 bits per heavy atom. The van der Waals surface area contributed by atoms with Gasteiger partial charge in [-0.1, -0.05) is 31.5 Å². The van der Waals surface area contributed by atoms with E-state index in [0.29, 0.717) is 40.6 Å². The molecule has 7 heteroatoms. The van der Waals surface area contributed by atoms with Crippen molar-refractivity contribution in [2.45, 2.75) is 33.2 Å². The second-order valence-electron chi connectivity index (χ2n) is 8.74. The Hall–Kier alpha value is -3.32. The fourth-order valence-electron chi connectivity index (χ4n) is 4.20. The molecule has 174 valence electrons. The van der Waals surface area contributed by atoms with E-state index < -0.39 is 11.9 Å². The van der Waals surface area contributed by atoms with Crippen LogP contribution in [-0.4, -0.2) is 42.8 Å². The van der Waals surface area contributed by atoms with Crippen LogP contribution in [0, 0.1) is 12.8 Å². The molecule has 3 aromatic rings. The Balaban J connectivity index is 1.83. The molecule has 0 aliphatic carbocycles. The molecule has 0 bridgehead atoms. The molecule has 1 aliphatic heterocycles. The maximum atomic E-state index is 13.5. The van der Waals surface area contributed by atoms with Crippen LogP contribution in [-0.2, 0) is 0 Å². The third-order valence-corrected chi connectivity index (χ3v) is 5.92. The summed E-state index contributed by atoms with van der Waals surface area (Å²) in [5.41, 5.74) is 2.01. The molecule has 1 aromatic heterocycles. The van der Waals surface area contributed by atoms with Crippen molar-refractivity contribution in [1.82, 2.24) is 4.90 Å². The first-order valence-electron chi connectivity index (χ1n) is 11.2. The van der Waals surface area contributed by atoms with Crippen LogP contribution < -0.4 is 14.9 Å². The fraction of sp³-hybridized carbons (Fsp3) is 0.385. The Morgan fingerprint density at radius 2 is 1.91 bits per heavy atom. The minimum absolute atomic E-state index is 0.0195. The number of hydrogen-bond donors (Lipinski definition) is 1.